The maximum absolute atomic E-state index is 13.5. The van der Waals surface area contributed by atoms with Crippen molar-refractivity contribution >= 4 is 39.7 Å². The van der Waals surface area contributed by atoms with Crippen molar-refractivity contribution in [2.24, 2.45) is 7.05 Å². The monoisotopic (exact) mass is 500 g/mol. The maximum Gasteiger partial charge on any atom is 0.265 e. The van der Waals surface area contributed by atoms with E-state index in [9.17, 15) is 13.6 Å². The van der Waals surface area contributed by atoms with Gasteiger partial charge in [0.25, 0.3) is 5.91 Å². The highest BCUT2D eigenvalue weighted by Crippen LogP contribution is 2.33. The van der Waals surface area contributed by atoms with Crippen LogP contribution in [-0.4, -0.2) is 22.0 Å². The molecule has 1 aliphatic heterocycles. The number of nitrogens with one attached hydrogen (secondary N) is 1. The molecule has 0 aliphatic carbocycles. The van der Waals surface area contributed by atoms with E-state index in [1.807, 2.05) is 37.4 Å². The molecule has 0 fully saturated rings. The Hall–Kier alpha value is -4.04. The Labute approximate surface area is 210 Å². The van der Waals surface area contributed by atoms with Gasteiger partial charge in [-0.1, -0.05) is 24.3 Å². The van der Waals surface area contributed by atoms with Crippen LogP contribution in [0.15, 0.2) is 72.8 Å². The molecule has 1 aliphatic rings. The average Bonchev–Trinajstić information content (AvgIpc) is 3.47. The number of fused-ring (bicyclic) bond motifs is 2. The van der Waals surface area contributed by atoms with Gasteiger partial charge in [0.05, 0.1) is 15.9 Å². The summed E-state index contributed by atoms with van der Waals surface area (Å²) in [5, 5.41) is 2.66. The second-order valence-electron chi connectivity index (χ2n) is 8.85. The molecule has 0 bridgehead atoms. The summed E-state index contributed by atoms with van der Waals surface area (Å²) in [6.45, 7) is 1.53. The summed E-state index contributed by atoms with van der Waals surface area (Å²) in [4.78, 5) is 21.6. The van der Waals surface area contributed by atoms with Crippen molar-refractivity contribution in [3.63, 3.8) is 0 Å². The van der Waals surface area contributed by atoms with Gasteiger partial charge >= 0.3 is 0 Å². The van der Waals surface area contributed by atoms with Gasteiger partial charge in [0, 0.05) is 48.0 Å². The number of benzene rings is 3. The lowest BCUT2D eigenvalue weighted by atomic mass is 10.1. The predicted molar refractivity (Wildman–Crippen MR) is 140 cm³/mol. The van der Waals surface area contributed by atoms with Crippen LogP contribution in [0.3, 0.4) is 0 Å². The summed E-state index contributed by atoms with van der Waals surface area (Å²) in [6.07, 6.45) is 0.828. The maximum atomic E-state index is 13.5. The van der Waals surface area contributed by atoms with Crippen molar-refractivity contribution in [2.75, 3.05) is 16.8 Å². The van der Waals surface area contributed by atoms with Gasteiger partial charge in [0.1, 0.15) is 5.82 Å². The number of carbonyl (C=O) groups is 1. The van der Waals surface area contributed by atoms with Gasteiger partial charge in [-0.15, -0.1) is 11.3 Å². The summed E-state index contributed by atoms with van der Waals surface area (Å²) >= 11 is 1.45. The minimum atomic E-state index is -0.991. The molecule has 3 heterocycles. The zero-order chi connectivity index (χ0) is 24.8. The van der Waals surface area contributed by atoms with Gasteiger partial charge in [-0.25, -0.2) is 13.8 Å². The number of carbonyl (C=O) groups excluding carboxylic acids is 1. The second kappa shape index (κ2) is 8.87. The van der Waals surface area contributed by atoms with E-state index in [4.69, 9.17) is 4.98 Å². The SMILES string of the molecule is Cn1c(-c2cccc(N3CCc4sc(C(=O)Nc5ccc(F)c(F)c5)cc4C3)c2)nc2ccccc21. The van der Waals surface area contributed by atoms with Crippen LogP contribution < -0.4 is 10.2 Å². The molecule has 0 radical (unpaired) electrons. The fourth-order valence-corrected chi connectivity index (χ4v) is 5.74. The molecule has 2 aromatic heterocycles. The summed E-state index contributed by atoms with van der Waals surface area (Å²) in [5.41, 5.74) is 5.54. The Bertz CT molecular complexity index is 1620. The van der Waals surface area contributed by atoms with Crippen molar-refractivity contribution < 1.29 is 13.6 Å². The van der Waals surface area contributed by atoms with E-state index < -0.39 is 11.6 Å². The topological polar surface area (TPSA) is 50.2 Å². The minimum absolute atomic E-state index is 0.227. The third-order valence-electron chi connectivity index (χ3n) is 6.52. The van der Waals surface area contributed by atoms with Crippen LogP contribution in [0, 0.1) is 11.6 Å². The van der Waals surface area contributed by atoms with E-state index in [0.717, 1.165) is 58.8 Å². The van der Waals surface area contributed by atoms with E-state index in [1.54, 1.807) is 0 Å². The number of thiophene rings is 1. The normalized spacial score (nSPS) is 13.1. The standard InChI is InChI=1S/C28H22F2N4OS/c1-33-24-8-3-2-7-23(24)32-27(33)17-5-4-6-20(13-17)34-12-11-25-18(16-34)14-26(36-25)28(35)31-19-9-10-21(29)22(30)15-19/h2-10,13-15H,11-12,16H2,1H3,(H,31,35). The number of anilines is 2. The quantitative estimate of drug-likeness (QED) is 0.311. The van der Waals surface area contributed by atoms with Crippen molar-refractivity contribution in [3.8, 4) is 11.4 Å². The molecule has 180 valence electrons. The van der Waals surface area contributed by atoms with Gasteiger partial charge in [0.15, 0.2) is 11.6 Å². The Balaban J connectivity index is 1.22. The number of hydrogen-bond donors (Lipinski definition) is 1. The minimum Gasteiger partial charge on any atom is -0.367 e. The lowest BCUT2D eigenvalue weighted by Crippen LogP contribution is -2.29. The number of aryl methyl sites for hydroxylation is 1. The largest absolute Gasteiger partial charge is 0.367 e. The lowest BCUT2D eigenvalue weighted by Gasteiger charge is -2.29. The van der Waals surface area contributed by atoms with Gasteiger partial charge in [-0.2, -0.15) is 0 Å². The average molecular weight is 501 g/mol. The highest BCUT2D eigenvalue weighted by molar-refractivity contribution is 7.14. The third kappa shape index (κ3) is 4.03. The molecule has 1 N–H and O–H groups in total. The number of imidazole rings is 1. The first-order valence-corrected chi connectivity index (χ1v) is 12.4. The summed E-state index contributed by atoms with van der Waals surface area (Å²) in [7, 11) is 2.03. The molecule has 0 spiro atoms. The number of nitrogens with zero attached hydrogens (tertiary/aromatic N) is 3. The lowest BCUT2D eigenvalue weighted by molar-refractivity contribution is 0.103. The predicted octanol–water partition coefficient (Wildman–Crippen LogP) is 6.40. The fourth-order valence-electron chi connectivity index (χ4n) is 4.68. The number of amides is 1. The van der Waals surface area contributed by atoms with E-state index in [-0.39, 0.29) is 11.6 Å². The molecule has 3 aromatic carbocycles. The Morgan fingerprint density at radius 3 is 2.69 bits per heavy atom. The third-order valence-corrected chi connectivity index (χ3v) is 7.76. The van der Waals surface area contributed by atoms with Crippen LogP contribution in [-0.2, 0) is 20.0 Å². The number of halogens is 2. The van der Waals surface area contributed by atoms with Gasteiger partial charge in [0.2, 0.25) is 0 Å². The van der Waals surface area contributed by atoms with Crippen LogP contribution in [0.2, 0.25) is 0 Å². The molecule has 1 amide bonds. The first-order chi connectivity index (χ1) is 17.5. The summed E-state index contributed by atoms with van der Waals surface area (Å²) in [5.74, 6) is -1.34. The molecule has 5 aromatic rings. The first-order valence-electron chi connectivity index (χ1n) is 11.6. The Kier molecular flexibility index (Phi) is 5.53. The van der Waals surface area contributed by atoms with Crippen molar-refractivity contribution in [1.29, 1.82) is 0 Å². The van der Waals surface area contributed by atoms with Crippen molar-refractivity contribution in [3.05, 3.63) is 99.7 Å². The van der Waals surface area contributed by atoms with Crippen LogP contribution in [0.5, 0.6) is 0 Å². The fraction of sp³-hybridized carbons (Fsp3) is 0.143. The number of rotatable bonds is 4. The molecular weight excluding hydrogens is 478 g/mol. The molecular formula is C28H22F2N4OS. The molecule has 36 heavy (non-hydrogen) atoms. The molecule has 0 atom stereocenters. The number of aromatic nitrogens is 2. The number of para-hydroxylation sites is 2. The Morgan fingerprint density at radius 2 is 1.86 bits per heavy atom. The zero-order valence-corrected chi connectivity index (χ0v) is 20.3. The highest BCUT2D eigenvalue weighted by Gasteiger charge is 2.22. The van der Waals surface area contributed by atoms with Crippen LogP contribution in [0.25, 0.3) is 22.4 Å². The van der Waals surface area contributed by atoms with Crippen LogP contribution >= 0.6 is 11.3 Å². The molecule has 5 nitrogen and oxygen atoms in total. The molecule has 0 unspecified atom stereocenters. The number of hydrogen-bond acceptors (Lipinski definition) is 4. The smallest absolute Gasteiger partial charge is 0.265 e. The first kappa shape index (κ1) is 22.4. The van der Waals surface area contributed by atoms with Gasteiger partial charge in [-0.3, -0.25) is 4.79 Å². The van der Waals surface area contributed by atoms with Crippen LogP contribution in [0.1, 0.15) is 20.1 Å². The second-order valence-corrected chi connectivity index (χ2v) is 9.98. The van der Waals surface area contributed by atoms with Crippen LogP contribution in [0.4, 0.5) is 20.2 Å². The molecule has 0 saturated carbocycles. The molecule has 8 heteroatoms. The Morgan fingerprint density at radius 1 is 1.00 bits per heavy atom. The molecule has 0 saturated heterocycles. The van der Waals surface area contributed by atoms with Crippen molar-refractivity contribution in [2.45, 2.75) is 13.0 Å². The van der Waals surface area contributed by atoms with E-state index in [1.165, 1.54) is 22.3 Å². The van der Waals surface area contributed by atoms with E-state index in [2.05, 4.69) is 39.0 Å². The zero-order valence-electron chi connectivity index (χ0n) is 19.5. The summed E-state index contributed by atoms with van der Waals surface area (Å²) < 4.78 is 28.8. The van der Waals surface area contributed by atoms with Gasteiger partial charge in [-0.05, 0) is 54.4 Å². The van der Waals surface area contributed by atoms with E-state index >= 15 is 0 Å². The van der Waals surface area contributed by atoms with Crippen molar-refractivity contribution in [1.82, 2.24) is 9.55 Å². The highest BCUT2D eigenvalue weighted by atomic mass is 32.1. The van der Waals surface area contributed by atoms with E-state index in [0.29, 0.717) is 11.4 Å². The van der Waals surface area contributed by atoms with Gasteiger partial charge < -0.3 is 14.8 Å². The molecule has 6 rings (SSSR count). The summed E-state index contributed by atoms with van der Waals surface area (Å²) in [6, 6.07) is 21.7.